The molecule has 0 aliphatic carbocycles. The molecule has 0 saturated carbocycles. The first-order chi connectivity index (χ1) is 18.3. The highest BCUT2D eigenvalue weighted by Crippen LogP contribution is 2.27. The topological polar surface area (TPSA) is 110 Å². The van der Waals surface area contributed by atoms with Crippen molar-refractivity contribution in [3.8, 4) is 6.07 Å². The van der Waals surface area contributed by atoms with E-state index in [0.717, 1.165) is 37.1 Å². The van der Waals surface area contributed by atoms with Gasteiger partial charge < -0.3 is 14.5 Å². The number of ether oxygens (including phenoxy) is 1. The number of thiophene rings is 1. The standard InChI is InChI=1S/C27H32N6O4S/c1-18-11-21(12-28)29-19(2)25(18)26(35)32-14-23(15-32)30-6-3-22(4-7-30)33(13-20-5-10-38-17-20)24(34)16-31-8-9-37-27(31)36/h5,10-11,17,22-23H,3-4,6-9,13-16H2,1-2H3. The van der Waals surface area contributed by atoms with Gasteiger partial charge in [-0.1, -0.05) is 0 Å². The van der Waals surface area contributed by atoms with Crippen molar-refractivity contribution in [1.82, 2.24) is 24.6 Å². The second-order valence-electron chi connectivity index (χ2n) is 10.2. The van der Waals surface area contributed by atoms with E-state index in [9.17, 15) is 14.4 Å². The van der Waals surface area contributed by atoms with Gasteiger partial charge in [-0.15, -0.1) is 0 Å². The van der Waals surface area contributed by atoms with Crippen molar-refractivity contribution in [2.24, 2.45) is 0 Å². The van der Waals surface area contributed by atoms with E-state index in [1.54, 1.807) is 24.3 Å². The van der Waals surface area contributed by atoms with Crippen LogP contribution in [-0.2, 0) is 16.1 Å². The minimum Gasteiger partial charge on any atom is -0.448 e. The number of aryl methyl sites for hydroxylation is 2. The van der Waals surface area contributed by atoms with Gasteiger partial charge in [-0.05, 0) is 60.7 Å². The third-order valence-corrected chi connectivity index (χ3v) is 8.49. The van der Waals surface area contributed by atoms with Crippen LogP contribution in [0, 0.1) is 25.2 Å². The molecular weight excluding hydrogens is 504 g/mol. The molecule has 3 fully saturated rings. The predicted molar refractivity (Wildman–Crippen MR) is 141 cm³/mol. The number of carbonyl (C=O) groups is 3. The maximum Gasteiger partial charge on any atom is 0.410 e. The van der Waals surface area contributed by atoms with E-state index in [4.69, 9.17) is 10.00 Å². The highest BCUT2D eigenvalue weighted by Gasteiger charge is 2.39. The molecule has 3 aliphatic heterocycles. The fraction of sp³-hybridized carbons (Fsp3) is 0.519. The Morgan fingerprint density at radius 3 is 2.61 bits per heavy atom. The Hall–Kier alpha value is -3.49. The molecule has 0 radical (unpaired) electrons. The first-order valence-electron chi connectivity index (χ1n) is 13.0. The lowest BCUT2D eigenvalue weighted by atomic mass is 9.96. The number of hydrogen-bond acceptors (Lipinski definition) is 8. The predicted octanol–water partition coefficient (Wildman–Crippen LogP) is 2.40. The Morgan fingerprint density at radius 2 is 2.00 bits per heavy atom. The Labute approximate surface area is 226 Å². The molecule has 2 aromatic heterocycles. The van der Waals surface area contributed by atoms with Crippen molar-refractivity contribution in [2.45, 2.75) is 45.3 Å². The maximum atomic E-state index is 13.3. The smallest absolute Gasteiger partial charge is 0.410 e. The number of piperidine rings is 1. The molecule has 0 atom stereocenters. The first kappa shape index (κ1) is 26.1. The summed E-state index contributed by atoms with van der Waals surface area (Å²) in [6.07, 6.45) is 1.28. The molecule has 38 heavy (non-hydrogen) atoms. The monoisotopic (exact) mass is 536 g/mol. The molecule has 5 rings (SSSR count). The molecule has 3 amide bonds. The average Bonchev–Trinajstić information content (AvgIpc) is 3.53. The summed E-state index contributed by atoms with van der Waals surface area (Å²) in [7, 11) is 0. The van der Waals surface area contributed by atoms with Gasteiger partial charge in [0.2, 0.25) is 5.91 Å². The molecule has 0 unspecified atom stereocenters. The van der Waals surface area contributed by atoms with Crippen molar-refractivity contribution in [3.63, 3.8) is 0 Å². The number of rotatable bonds is 7. The molecule has 5 heterocycles. The fourth-order valence-electron chi connectivity index (χ4n) is 5.61. The Bertz CT molecular complexity index is 1220. The highest BCUT2D eigenvalue weighted by atomic mass is 32.1. The number of nitrogens with zero attached hydrogens (tertiary/aromatic N) is 6. The van der Waals surface area contributed by atoms with Crippen molar-refractivity contribution in [2.75, 3.05) is 45.9 Å². The van der Waals surface area contributed by atoms with Crippen molar-refractivity contribution >= 4 is 29.2 Å². The van der Waals surface area contributed by atoms with E-state index in [2.05, 4.69) is 15.3 Å². The zero-order valence-electron chi connectivity index (χ0n) is 21.8. The van der Waals surface area contributed by atoms with Gasteiger partial charge >= 0.3 is 6.09 Å². The Balaban J connectivity index is 1.17. The summed E-state index contributed by atoms with van der Waals surface area (Å²) in [5.74, 6) is -0.0771. The summed E-state index contributed by atoms with van der Waals surface area (Å²) in [5.41, 5.74) is 3.39. The zero-order chi connectivity index (χ0) is 26.8. The highest BCUT2D eigenvalue weighted by molar-refractivity contribution is 7.07. The normalized spacial score (nSPS) is 18.7. The molecule has 11 heteroatoms. The van der Waals surface area contributed by atoms with Crippen LogP contribution in [0.3, 0.4) is 0 Å². The van der Waals surface area contributed by atoms with Gasteiger partial charge in [0.15, 0.2) is 0 Å². The molecule has 0 bridgehead atoms. The zero-order valence-corrected chi connectivity index (χ0v) is 22.6. The number of hydrogen-bond donors (Lipinski definition) is 0. The minimum absolute atomic E-state index is 0.0314. The average molecular weight is 537 g/mol. The maximum absolute atomic E-state index is 13.3. The summed E-state index contributed by atoms with van der Waals surface area (Å²) >= 11 is 1.61. The van der Waals surface area contributed by atoms with Crippen LogP contribution in [0.1, 0.15) is 45.7 Å². The van der Waals surface area contributed by atoms with Crippen LogP contribution in [0.5, 0.6) is 0 Å². The molecule has 3 aliphatic rings. The molecule has 2 aromatic rings. The summed E-state index contributed by atoms with van der Waals surface area (Å²) in [6.45, 7) is 8.03. The minimum atomic E-state index is -0.421. The largest absolute Gasteiger partial charge is 0.448 e. The van der Waals surface area contributed by atoms with E-state index in [1.165, 1.54) is 4.90 Å². The lowest BCUT2D eigenvalue weighted by molar-refractivity contribution is -0.136. The first-order valence-corrected chi connectivity index (χ1v) is 13.9. The second-order valence-corrected chi connectivity index (χ2v) is 11.0. The van der Waals surface area contributed by atoms with Gasteiger partial charge in [0.1, 0.15) is 24.9 Å². The quantitative estimate of drug-likeness (QED) is 0.534. The van der Waals surface area contributed by atoms with Gasteiger partial charge in [-0.2, -0.15) is 16.6 Å². The van der Waals surface area contributed by atoms with Gasteiger partial charge in [-0.25, -0.2) is 9.78 Å². The van der Waals surface area contributed by atoms with E-state index >= 15 is 0 Å². The summed E-state index contributed by atoms with van der Waals surface area (Å²) < 4.78 is 5.00. The van der Waals surface area contributed by atoms with E-state index < -0.39 is 6.09 Å². The number of amides is 3. The second kappa shape index (κ2) is 11.1. The molecule has 3 saturated heterocycles. The third-order valence-electron chi connectivity index (χ3n) is 7.76. The van der Waals surface area contributed by atoms with Gasteiger partial charge in [-0.3, -0.25) is 19.4 Å². The number of pyridine rings is 1. The SMILES string of the molecule is Cc1cc(C#N)nc(C)c1C(=O)N1CC(N2CCC(N(Cc3ccsc3)C(=O)CN3CCOC3=O)CC2)C1. The number of carbonyl (C=O) groups excluding carboxylic acids is 3. The van der Waals surface area contributed by atoms with Crippen LogP contribution in [0.2, 0.25) is 0 Å². The van der Waals surface area contributed by atoms with Crippen LogP contribution in [0.15, 0.2) is 22.9 Å². The fourth-order valence-corrected chi connectivity index (χ4v) is 6.27. The number of aromatic nitrogens is 1. The number of cyclic esters (lactones) is 1. The molecule has 0 spiro atoms. The molecular formula is C27H32N6O4S. The lowest BCUT2D eigenvalue weighted by Gasteiger charge is -2.48. The van der Waals surface area contributed by atoms with Crippen LogP contribution >= 0.6 is 11.3 Å². The molecule has 0 N–H and O–H groups in total. The Kier molecular flexibility index (Phi) is 7.63. The van der Waals surface area contributed by atoms with Crippen LogP contribution in [0.25, 0.3) is 0 Å². The number of likely N-dealkylation sites (tertiary alicyclic amines) is 2. The van der Waals surface area contributed by atoms with Crippen LogP contribution in [-0.4, -0.2) is 100 Å². The number of nitriles is 1. The lowest BCUT2D eigenvalue weighted by Crippen LogP contribution is -2.63. The van der Waals surface area contributed by atoms with Crippen molar-refractivity contribution in [1.29, 1.82) is 5.26 Å². The van der Waals surface area contributed by atoms with Crippen molar-refractivity contribution in [3.05, 3.63) is 51.0 Å². The van der Waals surface area contributed by atoms with E-state index in [-0.39, 0.29) is 24.4 Å². The van der Waals surface area contributed by atoms with E-state index in [1.807, 2.05) is 34.2 Å². The van der Waals surface area contributed by atoms with Gasteiger partial charge in [0, 0.05) is 44.8 Å². The van der Waals surface area contributed by atoms with Crippen molar-refractivity contribution < 1.29 is 19.1 Å². The third kappa shape index (κ3) is 5.37. The summed E-state index contributed by atoms with van der Waals surface area (Å²) in [5, 5.41) is 13.2. The van der Waals surface area contributed by atoms with Crippen LogP contribution < -0.4 is 0 Å². The molecule has 10 nitrogen and oxygen atoms in total. The van der Waals surface area contributed by atoms with Gasteiger partial charge in [0.05, 0.1) is 17.8 Å². The van der Waals surface area contributed by atoms with E-state index in [0.29, 0.717) is 55.8 Å². The summed E-state index contributed by atoms with van der Waals surface area (Å²) in [4.78, 5) is 50.3. The molecule has 200 valence electrons. The summed E-state index contributed by atoms with van der Waals surface area (Å²) in [6, 6.07) is 6.15. The molecule has 0 aromatic carbocycles. The Morgan fingerprint density at radius 1 is 1.24 bits per heavy atom. The van der Waals surface area contributed by atoms with Gasteiger partial charge in [0.25, 0.3) is 5.91 Å². The van der Waals surface area contributed by atoms with Crippen LogP contribution in [0.4, 0.5) is 4.79 Å².